The molecule has 1 aromatic rings. The molecule has 0 aliphatic rings. The van der Waals surface area contributed by atoms with Crippen LogP contribution >= 0.6 is 23.6 Å². The van der Waals surface area contributed by atoms with Crippen molar-refractivity contribution in [3.8, 4) is 0 Å². The minimum absolute atomic E-state index is 0.184. The van der Waals surface area contributed by atoms with Gasteiger partial charge >= 0.3 is 0 Å². The molecule has 0 atom stereocenters. The molecule has 0 aliphatic heterocycles. The zero-order valence-electron chi connectivity index (χ0n) is 10.3. The highest BCUT2D eigenvalue weighted by Gasteiger charge is 2.08. The van der Waals surface area contributed by atoms with Crippen molar-refractivity contribution in [3.63, 3.8) is 0 Å². The number of hydrogen-bond donors (Lipinski definition) is 3. The van der Waals surface area contributed by atoms with Crippen LogP contribution in [0.1, 0.15) is 28.6 Å². The molecule has 1 rings (SSSR count). The fraction of sp³-hybridized carbons (Fsp3) is 0.333. The highest BCUT2D eigenvalue weighted by atomic mass is 32.1. The van der Waals surface area contributed by atoms with Crippen LogP contribution in [0.2, 0.25) is 0 Å². The first-order valence-corrected chi connectivity index (χ1v) is 6.98. The van der Waals surface area contributed by atoms with Crippen molar-refractivity contribution in [1.29, 1.82) is 0 Å². The first-order valence-electron chi connectivity index (χ1n) is 5.69. The predicted molar refractivity (Wildman–Crippen MR) is 79.7 cm³/mol. The van der Waals surface area contributed by atoms with E-state index in [2.05, 4.69) is 29.7 Å². The largest absolute Gasteiger partial charge is 0.358 e. The molecule has 0 spiro atoms. The molecule has 6 heteroatoms. The lowest BCUT2D eigenvalue weighted by molar-refractivity contribution is 0.0944. The molecule has 0 saturated carbocycles. The van der Waals surface area contributed by atoms with E-state index in [0.717, 1.165) is 12.8 Å². The van der Waals surface area contributed by atoms with Crippen molar-refractivity contribution in [2.75, 3.05) is 6.54 Å². The van der Waals surface area contributed by atoms with Gasteiger partial charge in [-0.3, -0.25) is 15.6 Å². The first-order chi connectivity index (χ1) is 8.67. The standard InChI is InChI=1S/C12H17N3OS2/c1-3-5-10-7-9(8-18-10)11(16)14-15-12(17)13-6-4-2/h4,7-8H,2-3,5-6H2,1H3,(H,14,16)(H2,13,15,17). The van der Waals surface area contributed by atoms with Gasteiger partial charge in [-0.15, -0.1) is 17.9 Å². The normalized spacial score (nSPS) is 9.61. The van der Waals surface area contributed by atoms with E-state index < -0.39 is 0 Å². The summed E-state index contributed by atoms with van der Waals surface area (Å²) in [5.41, 5.74) is 5.83. The highest BCUT2D eigenvalue weighted by Crippen LogP contribution is 2.16. The van der Waals surface area contributed by atoms with Crippen LogP contribution in [0.3, 0.4) is 0 Å². The van der Waals surface area contributed by atoms with Gasteiger partial charge in [-0.05, 0) is 24.7 Å². The molecule has 0 saturated heterocycles. The average Bonchev–Trinajstić information content (AvgIpc) is 2.82. The Kier molecular flexibility index (Phi) is 6.38. The van der Waals surface area contributed by atoms with Gasteiger partial charge in [-0.2, -0.15) is 0 Å². The molecule has 3 N–H and O–H groups in total. The van der Waals surface area contributed by atoms with E-state index in [1.54, 1.807) is 17.4 Å². The lowest BCUT2D eigenvalue weighted by Crippen LogP contribution is -2.46. The highest BCUT2D eigenvalue weighted by molar-refractivity contribution is 7.80. The number of hydrogen-bond acceptors (Lipinski definition) is 3. The zero-order valence-corrected chi connectivity index (χ0v) is 11.9. The Labute approximate surface area is 116 Å². The van der Waals surface area contributed by atoms with Gasteiger partial charge in [0.25, 0.3) is 5.91 Å². The summed E-state index contributed by atoms with van der Waals surface area (Å²) in [5.74, 6) is -0.184. The Hall–Kier alpha value is -1.40. The molecule has 0 fully saturated rings. The van der Waals surface area contributed by atoms with E-state index in [0.29, 0.717) is 17.2 Å². The minimum atomic E-state index is -0.184. The summed E-state index contributed by atoms with van der Waals surface area (Å²) in [6.07, 6.45) is 3.77. The van der Waals surface area contributed by atoms with Gasteiger partial charge in [0.2, 0.25) is 0 Å². The molecule has 0 aliphatic carbocycles. The van der Waals surface area contributed by atoms with Crippen LogP contribution in [0.25, 0.3) is 0 Å². The van der Waals surface area contributed by atoms with Crippen molar-refractivity contribution in [2.24, 2.45) is 0 Å². The zero-order chi connectivity index (χ0) is 13.4. The number of carbonyl (C=O) groups is 1. The Morgan fingerprint density at radius 2 is 2.33 bits per heavy atom. The van der Waals surface area contributed by atoms with Crippen LogP contribution in [0.4, 0.5) is 0 Å². The van der Waals surface area contributed by atoms with E-state index in [4.69, 9.17) is 12.2 Å². The summed E-state index contributed by atoms with van der Waals surface area (Å²) >= 11 is 6.55. The van der Waals surface area contributed by atoms with Crippen molar-refractivity contribution in [1.82, 2.24) is 16.2 Å². The number of carbonyl (C=O) groups excluding carboxylic acids is 1. The summed E-state index contributed by atoms with van der Waals surface area (Å²) in [5, 5.41) is 5.07. The summed E-state index contributed by atoms with van der Waals surface area (Å²) in [6, 6.07) is 1.91. The number of thiocarbonyl (C=S) groups is 1. The SMILES string of the molecule is C=CCNC(=S)NNC(=O)c1csc(CCC)c1. The monoisotopic (exact) mass is 283 g/mol. The topological polar surface area (TPSA) is 53.2 Å². The number of rotatable bonds is 5. The Morgan fingerprint density at radius 3 is 3.00 bits per heavy atom. The summed E-state index contributed by atoms with van der Waals surface area (Å²) < 4.78 is 0. The Morgan fingerprint density at radius 1 is 1.56 bits per heavy atom. The van der Waals surface area contributed by atoms with Crippen molar-refractivity contribution in [3.05, 3.63) is 34.5 Å². The third-order valence-electron chi connectivity index (χ3n) is 2.11. The van der Waals surface area contributed by atoms with E-state index in [9.17, 15) is 4.79 Å². The van der Waals surface area contributed by atoms with Gasteiger partial charge in [0.15, 0.2) is 5.11 Å². The second-order valence-electron chi connectivity index (χ2n) is 3.63. The summed E-state index contributed by atoms with van der Waals surface area (Å²) in [6.45, 7) is 6.23. The molecule has 1 amide bonds. The molecule has 0 bridgehead atoms. The molecule has 0 aromatic carbocycles. The van der Waals surface area contributed by atoms with E-state index in [1.807, 2.05) is 11.4 Å². The Balaban J connectivity index is 2.39. The van der Waals surface area contributed by atoms with Gasteiger partial charge in [-0.1, -0.05) is 19.4 Å². The van der Waals surface area contributed by atoms with E-state index >= 15 is 0 Å². The maximum atomic E-state index is 11.8. The molecule has 0 radical (unpaired) electrons. The first kappa shape index (κ1) is 14.7. The van der Waals surface area contributed by atoms with Crippen LogP contribution in [-0.2, 0) is 6.42 Å². The number of amides is 1. The molecule has 1 heterocycles. The molecule has 0 unspecified atom stereocenters. The molecule has 1 aromatic heterocycles. The average molecular weight is 283 g/mol. The fourth-order valence-electron chi connectivity index (χ4n) is 1.27. The second kappa shape index (κ2) is 7.84. The maximum absolute atomic E-state index is 11.8. The van der Waals surface area contributed by atoms with Crippen molar-refractivity contribution < 1.29 is 4.79 Å². The van der Waals surface area contributed by atoms with Gasteiger partial charge in [0.05, 0.1) is 5.56 Å². The summed E-state index contributed by atoms with van der Waals surface area (Å²) in [4.78, 5) is 13.0. The van der Waals surface area contributed by atoms with Gasteiger partial charge < -0.3 is 5.32 Å². The molecular weight excluding hydrogens is 266 g/mol. The lowest BCUT2D eigenvalue weighted by atomic mass is 10.2. The van der Waals surface area contributed by atoms with Crippen LogP contribution in [0, 0.1) is 0 Å². The predicted octanol–water partition coefficient (Wildman–Crippen LogP) is 2.00. The van der Waals surface area contributed by atoms with Crippen molar-refractivity contribution >= 4 is 34.6 Å². The van der Waals surface area contributed by atoms with Crippen LogP contribution in [-0.4, -0.2) is 17.6 Å². The molecule has 4 nitrogen and oxygen atoms in total. The van der Waals surface area contributed by atoms with Crippen LogP contribution in [0.15, 0.2) is 24.1 Å². The van der Waals surface area contributed by atoms with Gasteiger partial charge in [0.1, 0.15) is 0 Å². The molecule has 18 heavy (non-hydrogen) atoms. The van der Waals surface area contributed by atoms with Crippen LogP contribution < -0.4 is 16.2 Å². The van der Waals surface area contributed by atoms with E-state index in [1.165, 1.54) is 4.88 Å². The third-order valence-corrected chi connectivity index (χ3v) is 3.35. The number of thiophene rings is 1. The summed E-state index contributed by atoms with van der Waals surface area (Å²) in [7, 11) is 0. The van der Waals surface area contributed by atoms with E-state index in [-0.39, 0.29) is 5.91 Å². The van der Waals surface area contributed by atoms with Crippen molar-refractivity contribution in [2.45, 2.75) is 19.8 Å². The minimum Gasteiger partial charge on any atom is -0.358 e. The van der Waals surface area contributed by atoms with Gasteiger partial charge in [0, 0.05) is 16.8 Å². The number of nitrogens with one attached hydrogen (secondary N) is 3. The number of hydrazine groups is 1. The lowest BCUT2D eigenvalue weighted by Gasteiger charge is -2.09. The maximum Gasteiger partial charge on any atom is 0.270 e. The van der Waals surface area contributed by atoms with Crippen LogP contribution in [0.5, 0.6) is 0 Å². The molecular formula is C12H17N3OS2. The third kappa shape index (κ3) is 4.85. The smallest absolute Gasteiger partial charge is 0.270 e. The second-order valence-corrected chi connectivity index (χ2v) is 5.03. The Bertz CT molecular complexity index is 429. The number of aryl methyl sites for hydroxylation is 1. The molecule has 98 valence electrons. The quantitative estimate of drug-likeness (QED) is 0.439. The van der Waals surface area contributed by atoms with Gasteiger partial charge in [-0.25, -0.2) is 0 Å². The fourth-order valence-corrected chi connectivity index (χ4v) is 2.38.